The molecule has 0 N–H and O–H groups in total. The van der Waals surface area contributed by atoms with E-state index in [1.165, 1.54) is 11.1 Å². The smallest absolute Gasteiger partial charge is 0.308 e. The molecule has 0 aliphatic carbocycles. The normalized spacial score (nSPS) is 10.1. The number of carbonyl (C=O) groups is 1. The van der Waals surface area contributed by atoms with E-state index in [2.05, 4.69) is 11.4 Å². The molecule has 1 aromatic carbocycles. The molecule has 4 heteroatoms. The third kappa shape index (κ3) is 3.12. The molecule has 0 saturated heterocycles. The van der Waals surface area contributed by atoms with Crippen molar-refractivity contribution in [2.45, 2.75) is 16.0 Å². The van der Waals surface area contributed by atoms with E-state index in [9.17, 15) is 4.79 Å². The van der Waals surface area contributed by atoms with Crippen LogP contribution in [0.1, 0.15) is 6.92 Å². The maximum absolute atomic E-state index is 10.7. The van der Waals surface area contributed by atoms with E-state index in [0.717, 1.165) is 4.90 Å². The molecule has 16 heavy (non-hydrogen) atoms. The summed E-state index contributed by atoms with van der Waals surface area (Å²) >= 11 is 3.41. The molecule has 0 aliphatic rings. The zero-order chi connectivity index (χ0) is 11.4. The van der Waals surface area contributed by atoms with Gasteiger partial charge in [0, 0.05) is 11.8 Å². The molecule has 0 fully saturated rings. The number of rotatable bonds is 3. The molecule has 0 spiro atoms. The summed E-state index contributed by atoms with van der Waals surface area (Å²) in [6, 6.07) is 11.6. The zero-order valence-electron chi connectivity index (χ0n) is 8.67. The van der Waals surface area contributed by atoms with E-state index in [-0.39, 0.29) is 5.97 Å². The Labute approximate surface area is 102 Å². The summed E-state index contributed by atoms with van der Waals surface area (Å²) in [5.41, 5.74) is 0. The van der Waals surface area contributed by atoms with Gasteiger partial charge in [-0.2, -0.15) is 0 Å². The molecule has 0 saturated carbocycles. The minimum atomic E-state index is -0.293. The molecule has 0 unspecified atom stereocenters. The number of esters is 1. The largest absolute Gasteiger partial charge is 0.427 e. The van der Waals surface area contributed by atoms with Crippen molar-refractivity contribution in [2.75, 3.05) is 0 Å². The van der Waals surface area contributed by atoms with E-state index in [1.54, 1.807) is 35.2 Å². The van der Waals surface area contributed by atoms with Crippen LogP contribution in [0.3, 0.4) is 0 Å². The molecule has 0 radical (unpaired) electrons. The highest BCUT2D eigenvalue weighted by atomic mass is 32.2. The van der Waals surface area contributed by atoms with Crippen molar-refractivity contribution < 1.29 is 9.53 Å². The maximum atomic E-state index is 10.7. The first-order chi connectivity index (χ1) is 7.74. The van der Waals surface area contributed by atoms with Crippen LogP contribution in [0, 0.1) is 0 Å². The lowest BCUT2D eigenvalue weighted by molar-refractivity contribution is -0.131. The fraction of sp³-hybridized carbons (Fsp3) is 0.0833. The molecule has 2 nitrogen and oxygen atoms in total. The Bertz CT molecular complexity index is 460. The fourth-order valence-corrected chi connectivity index (χ4v) is 2.93. The molecular formula is C12H10O2S2. The van der Waals surface area contributed by atoms with Crippen LogP contribution in [0.5, 0.6) is 5.75 Å². The number of thiophene rings is 1. The highest BCUT2D eigenvalue weighted by molar-refractivity contribution is 8.01. The standard InChI is InChI=1S/C12H10O2S2/c1-9(13)14-10-4-6-11(7-5-10)16-12-3-2-8-15-12/h2-8H,1H3. The molecule has 2 aromatic rings. The lowest BCUT2D eigenvalue weighted by Gasteiger charge is -2.02. The van der Waals surface area contributed by atoms with Crippen LogP contribution in [0.15, 0.2) is 50.9 Å². The SMILES string of the molecule is CC(=O)Oc1ccc(Sc2cccs2)cc1. The quantitative estimate of drug-likeness (QED) is 0.612. The molecule has 0 atom stereocenters. The van der Waals surface area contributed by atoms with Gasteiger partial charge >= 0.3 is 5.97 Å². The van der Waals surface area contributed by atoms with E-state index in [4.69, 9.17) is 4.74 Å². The maximum Gasteiger partial charge on any atom is 0.308 e. The Hall–Kier alpha value is -1.26. The minimum absolute atomic E-state index is 0.293. The van der Waals surface area contributed by atoms with Gasteiger partial charge in [0.2, 0.25) is 0 Å². The summed E-state index contributed by atoms with van der Waals surface area (Å²) in [4.78, 5) is 11.9. The van der Waals surface area contributed by atoms with Gasteiger partial charge in [-0.15, -0.1) is 11.3 Å². The first-order valence-electron chi connectivity index (χ1n) is 4.74. The third-order valence-electron chi connectivity index (χ3n) is 1.80. The van der Waals surface area contributed by atoms with E-state index >= 15 is 0 Å². The number of carbonyl (C=O) groups excluding carboxylic acids is 1. The first kappa shape index (κ1) is 11.2. The third-order valence-corrected chi connectivity index (χ3v) is 3.84. The van der Waals surface area contributed by atoms with E-state index in [0.29, 0.717) is 5.75 Å². The first-order valence-corrected chi connectivity index (χ1v) is 6.43. The number of benzene rings is 1. The van der Waals surface area contributed by atoms with Crippen LogP contribution in [-0.2, 0) is 4.79 Å². The number of hydrogen-bond donors (Lipinski definition) is 0. The van der Waals surface area contributed by atoms with Crippen LogP contribution in [0.25, 0.3) is 0 Å². The van der Waals surface area contributed by atoms with Gasteiger partial charge in [-0.05, 0) is 35.7 Å². The number of ether oxygens (including phenoxy) is 1. The second-order valence-electron chi connectivity index (χ2n) is 3.10. The lowest BCUT2D eigenvalue weighted by Crippen LogP contribution is -2.00. The van der Waals surface area contributed by atoms with Crippen molar-refractivity contribution in [3.63, 3.8) is 0 Å². The summed E-state index contributed by atoms with van der Waals surface area (Å²) in [6.45, 7) is 1.40. The predicted molar refractivity (Wildman–Crippen MR) is 66.2 cm³/mol. The Morgan fingerprint density at radius 3 is 2.56 bits per heavy atom. The van der Waals surface area contributed by atoms with Crippen molar-refractivity contribution in [3.8, 4) is 5.75 Å². The van der Waals surface area contributed by atoms with Crippen LogP contribution in [0.4, 0.5) is 0 Å². The molecule has 0 amide bonds. The molecule has 2 rings (SSSR count). The monoisotopic (exact) mass is 250 g/mol. The highest BCUT2D eigenvalue weighted by Gasteiger charge is 2.00. The molecule has 82 valence electrons. The van der Waals surface area contributed by atoms with Gasteiger partial charge in [-0.25, -0.2) is 0 Å². The molecule has 0 bridgehead atoms. The Kier molecular flexibility index (Phi) is 3.64. The van der Waals surface area contributed by atoms with Crippen molar-refractivity contribution in [2.24, 2.45) is 0 Å². The van der Waals surface area contributed by atoms with Crippen LogP contribution >= 0.6 is 23.1 Å². The van der Waals surface area contributed by atoms with Gasteiger partial charge in [0.25, 0.3) is 0 Å². The number of hydrogen-bond acceptors (Lipinski definition) is 4. The van der Waals surface area contributed by atoms with Crippen molar-refractivity contribution >= 4 is 29.1 Å². The Morgan fingerprint density at radius 1 is 1.25 bits per heavy atom. The second-order valence-corrected chi connectivity index (χ2v) is 5.42. The lowest BCUT2D eigenvalue weighted by atomic mass is 10.3. The van der Waals surface area contributed by atoms with Crippen LogP contribution < -0.4 is 4.74 Å². The molecular weight excluding hydrogens is 240 g/mol. The van der Waals surface area contributed by atoms with Gasteiger partial charge < -0.3 is 4.74 Å². The Balaban J connectivity index is 2.05. The summed E-state index contributed by atoms with van der Waals surface area (Å²) in [5.74, 6) is 0.293. The molecule has 1 heterocycles. The van der Waals surface area contributed by atoms with Crippen molar-refractivity contribution in [1.82, 2.24) is 0 Å². The second kappa shape index (κ2) is 5.18. The van der Waals surface area contributed by atoms with E-state index < -0.39 is 0 Å². The average molecular weight is 250 g/mol. The summed E-state index contributed by atoms with van der Waals surface area (Å²) in [6.07, 6.45) is 0. The van der Waals surface area contributed by atoms with Gasteiger partial charge in [-0.1, -0.05) is 17.8 Å². The van der Waals surface area contributed by atoms with E-state index in [1.807, 2.05) is 18.2 Å². The van der Waals surface area contributed by atoms with Gasteiger partial charge in [-0.3, -0.25) is 4.79 Å². The Morgan fingerprint density at radius 2 is 2.00 bits per heavy atom. The summed E-state index contributed by atoms with van der Waals surface area (Å²) in [7, 11) is 0. The van der Waals surface area contributed by atoms with Crippen LogP contribution in [0.2, 0.25) is 0 Å². The molecule has 0 aliphatic heterocycles. The fourth-order valence-electron chi connectivity index (χ4n) is 1.18. The average Bonchev–Trinajstić information content (AvgIpc) is 2.73. The van der Waals surface area contributed by atoms with Crippen molar-refractivity contribution in [3.05, 3.63) is 41.8 Å². The van der Waals surface area contributed by atoms with Gasteiger partial charge in [0.1, 0.15) is 5.75 Å². The zero-order valence-corrected chi connectivity index (χ0v) is 10.3. The predicted octanol–water partition coefficient (Wildman–Crippen LogP) is 3.82. The van der Waals surface area contributed by atoms with Gasteiger partial charge in [0.05, 0.1) is 4.21 Å². The minimum Gasteiger partial charge on any atom is -0.427 e. The molecule has 1 aromatic heterocycles. The van der Waals surface area contributed by atoms with Crippen molar-refractivity contribution in [1.29, 1.82) is 0 Å². The highest BCUT2D eigenvalue weighted by Crippen LogP contribution is 2.31. The van der Waals surface area contributed by atoms with Crippen LogP contribution in [-0.4, -0.2) is 5.97 Å². The summed E-state index contributed by atoms with van der Waals surface area (Å²) in [5, 5.41) is 2.05. The summed E-state index contributed by atoms with van der Waals surface area (Å²) < 4.78 is 6.21. The topological polar surface area (TPSA) is 26.3 Å². The van der Waals surface area contributed by atoms with Gasteiger partial charge in [0.15, 0.2) is 0 Å².